The van der Waals surface area contributed by atoms with Crippen LogP contribution in [0.4, 0.5) is 5.69 Å². The van der Waals surface area contributed by atoms with Crippen molar-refractivity contribution in [2.45, 2.75) is 12.1 Å². The smallest absolute Gasteiger partial charge is 0.340 e. The first kappa shape index (κ1) is 17.1. The number of benzene rings is 1. The molecule has 130 valence electrons. The van der Waals surface area contributed by atoms with Gasteiger partial charge in [0.05, 0.1) is 18.4 Å². The van der Waals surface area contributed by atoms with E-state index in [4.69, 9.17) is 11.6 Å². The summed E-state index contributed by atoms with van der Waals surface area (Å²) in [6, 6.07) is 4.44. The standard InChI is InChI=1S/C14H12ClN5O4S/c1-8-10(15)5-4-9(12(21)24-2)11(8)19-25(22,23)14-17-13-16-6-3-7-20(13)18-14/h3-7,19H,1-2H3. The van der Waals surface area contributed by atoms with Gasteiger partial charge in [-0.3, -0.25) is 4.72 Å². The van der Waals surface area contributed by atoms with Crippen molar-refractivity contribution in [3.8, 4) is 0 Å². The van der Waals surface area contributed by atoms with Gasteiger partial charge >= 0.3 is 5.97 Å². The van der Waals surface area contributed by atoms with E-state index >= 15 is 0 Å². The molecule has 0 aliphatic heterocycles. The average Bonchev–Trinajstić information content (AvgIpc) is 3.03. The van der Waals surface area contributed by atoms with Crippen LogP contribution in [0, 0.1) is 6.92 Å². The number of ether oxygens (including phenoxy) is 1. The van der Waals surface area contributed by atoms with E-state index in [-0.39, 0.29) is 22.1 Å². The Morgan fingerprint density at radius 1 is 1.36 bits per heavy atom. The van der Waals surface area contributed by atoms with E-state index in [1.807, 2.05) is 0 Å². The number of hydrogen-bond acceptors (Lipinski definition) is 7. The Kier molecular flexibility index (Phi) is 4.31. The molecule has 0 fully saturated rings. The van der Waals surface area contributed by atoms with Crippen LogP contribution >= 0.6 is 11.6 Å². The van der Waals surface area contributed by atoms with Crippen molar-refractivity contribution in [3.05, 3.63) is 46.7 Å². The number of sulfonamides is 1. The van der Waals surface area contributed by atoms with Gasteiger partial charge in [0.1, 0.15) is 0 Å². The van der Waals surface area contributed by atoms with Gasteiger partial charge in [-0.05, 0) is 30.7 Å². The number of carbonyl (C=O) groups excluding carboxylic acids is 1. The van der Waals surface area contributed by atoms with Crippen molar-refractivity contribution < 1.29 is 17.9 Å². The molecule has 0 unspecified atom stereocenters. The number of aromatic nitrogens is 4. The molecular formula is C14H12ClN5O4S. The first-order valence-corrected chi connectivity index (χ1v) is 8.77. The zero-order chi connectivity index (χ0) is 18.2. The van der Waals surface area contributed by atoms with Crippen LogP contribution in [-0.4, -0.2) is 41.1 Å². The van der Waals surface area contributed by atoms with Crippen molar-refractivity contribution in [1.82, 2.24) is 19.6 Å². The second-order valence-electron chi connectivity index (χ2n) is 4.95. The highest BCUT2D eigenvalue weighted by Crippen LogP contribution is 2.29. The number of fused-ring (bicyclic) bond motifs is 1. The maximum atomic E-state index is 12.6. The summed E-state index contributed by atoms with van der Waals surface area (Å²) in [4.78, 5) is 19.7. The van der Waals surface area contributed by atoms with Crippen LogP contribution in [0.2, 0.25) is 5.02 Å². The molecule has 2 aromatic heterocycles. The Morgan fingerprint density at radius 2 is 2.12 bits per heavy atom. The first-order chi connectivity index (χ1) is 11.8. The number of esters is 1. The molecule has 3 aromatic rings. The van der Waals surface area contributed by atoms with Gasteiger partial charge in [-0.15, -0.1) is 5.10 Å². The maximum Gasteiger partial charge on any atom is 0.340 e. The third-order valence-electron chi connectivity index (χ3n) is 3.38. The van der Waals surface area contributed by atoms with E-state index in [0.29, 0.717) is 5.56 Å². The molecule has 0 radical (unpaired) electrons. The van der Waals surface area contributed by atoms with Crippen LogP contribution in [0.25, 0.3) is 5.78 Å². The number of halogens is 1. The fraction of sp³-hybridized carbons (Fsp3) is 0.143. The first-order valence-electron chi connectivity index (χ1n) is 6.91. The second kappa shape index (κ2) is 6.30. The molecule has 25 heavy (non-hydrogen) atoms. The lowest BCUT2D eigenvalue weighted by atomic mass is 10.1. The van der Waals surface area contributed by atoms with Crippen molar-refractivity contribution in [2.24, 2.45) is 0 Å². The normalized spacial score (nSPS) is 11.5. The summed E-state index contributed by atoms with van der Waals surface area (Å²) in [6.45, 7) is 1.57. The van der Waals surface area contributed by atoms with Crippen molar-refractivity contribution in [3.63, 3.8) is 0 Å². The SMILES string of the molecule is COC(=O)c1ccc(Cl)c(C)c1NS(=O)(=O)c1nc2ncccn2n1. The Hall–Kier alpha value is -2.72. The lowest BCUT2D eigenvalue weighted by molar-refractivity contribution is 0.0602. The number of anilines is 1. The Labute approximate surface area is 147 Å². The number of nitrogens with zero attached hydrogens (tertiary/aromatic N) is 4. The predicted octanol–water partition coefficient (Wildman–Crippen LogP) is 1.67. The van der Waals surface area contributed by atoms with Crippen LogP contribution in [0.1, 0.15) is 15.9 Å². The van der Waals surface area contributed by atoms with Crippen LogP contribution < -0.4 is 4.72 Å². The van der Waals surface area contributed by atoms with Crippen LogP contribution in [0.5, 0.6) is 0 Å². The highest BCUT2D eigenvalue weighted by molar-refractivity contribution is 7.92. The lowest BCUT2D eigenvalue weighted by Crippen LogP contribution is -2.18. The summed E-state index contributed by atoms with van der Waals surface area (Å²) in [5, 5.41) is 3.67. The van der Waals surface area contributed by atoms with Gasteiger partial charge in [0.15, 0.2) is 0 Å². The minimum absolute atomic E-state index is 0.00571. The van der Waals surface area contributed by atoms with Crippen LogP contribution in [0.15, 0.2) is 35.7 Å². The zero-order valence-corrected chi connectivity index (χ0v) is 14.7. The quantitative estimate of drug-likeness (QED) is 0.683. The molecule has 0 atom stereocenters. The molecule has 0 saturated carbocycles. The largest absolute Gasteiger partial charge is 0.465 e. The Morgan fingerprint density at radius 3 is 2.80 bits per heavy atom. The zero-order valence-electron chi connectivity index (χ0n) is 13.1. The molecule has 3 rings (SSSR count). The minimum atomic E-state index is -4.18. The number of hydrogen-bond donors (Lipinski definition) is 1. The highest BCUT2D eigenvalue weighted by Gasteiger charge is 2.25. The monoisotopic (exact) mass is 381 g/mol. The summed E-state index contributed by atoms with van der Waals surface area (Å²) < 4.78 is 33.5. The summed E-state index contributed by atoms with van der Waals surface area (Å²) in [5.74, 6) is -0.582. The summed E-state index contributed by atoms with van der Waals surface area (Å²) >= 11 is 6.04. The molecule has 0 spiro atoms. The fourth-order valence-corrected chi connectivity index (χ4v) is 3.28. The minimum Gasteiger partial charge on any atom is -0.465 e. The van der Waals surface area contributed by atoms with Gasteiger partial charge in [-0.1, -0.05) is 11.6 Å². The number of methoxy groups -OCH3 is 1. The molecule has 1 aromatic carbocycles. The van der Waals surface area contributed by atoms with Gasteiger partial charge in [-0.2, -0.15) is 13.4 Å². The lowest BCUT2D eigenvalue weighted by Gasteiger charge is -2.13. The number of carbonyl (C=O) groups is 1. The van der Waals surface area contributed by atoms with E-state index in [2.05, 4.69) is 24.5 Å². The van der Waals surface area contributed by atoms with Gasteiger partial charge in [0, 0.05) is 17.4 Å². The van der Waals surface area contributed by atoms with Crippen molar-refractivity contribution in [1.29, 1.82) is 0 Å². The molecule has 0 aliphatic rings. The van der Waals surface area contributed by atoms with Crippen LogP contribution in [-0.2, 0) is 14.8 Å². The maximum absolute atomic E-state index is 12.6. The Balaban J connectivity index is 2.09. The number of rotatable bonds is 4. The summed E-state index contributed by atoms with van der Waals surface area (Å²) in [7, 11) is -2.98. The Bertz CT molecular complexity index is 1050. The topological polar surface area (TPSA) is 116 Å². The predicted molar refractivity (Wildman–Crippen MR) is 89.1 cm³/mol. The molecule has 0 bridgehead atoms. The molecule has 0 aliphatic carbocycles. The number of nitrogens with one attached hydrogen (secondary N) is 1. The van der Waals surface area contributed by atoms with Crippen LogP contribution in [0.3, 0.4) is 0 Å². The van der Waals surface area contributed by atoms with E-state index in [9.17, 15) is 13.2 Å². The molecule has 2 heterocycles. The molecular weight excluding hydrogens is 370 g/mol. The average molecular weight is 382 g/mol. The van der Waals surface area contributed by atoms with Gasteiger partial charge in [-0.25, -0.2) is 14.3 Å². The van der Waals surface area contributed by atoms with Gasteiger partial charge in [0.25, 0.3) is 21.0 Å². The molecule has 1 N–H and O–H groups in total. The fourth-order valence-electron chi connectivity index (χ4n) is 2.11. The highest BCUT2D eigenvalue weighted by atomic mass is 35.5. The van der Waals surface area contributed by atoms with E-state index < -0.39 is 21.1 Å². The van der Waals surface area contributed by atoms with Crippen molar-refractivity contribution in [2.75, 3.05) is 11.8 Å². The van der Waals surface area contributed by atoms with Gasteiger partial charge < -0.3 is 4.74 Å². The van der Waals surface area contributed by atoms with E-state index in [1.54, 1.807) is 13.0 Å². The van der Waals surface area contributed by atoms with Gasteiger partial charge in [0.2, 0.25) is 0 Å². The second-order valence-corrected chi connectivity index (χ2v) is 6.93. The molecule has 9 nitrogen and oxygen atoms in total. The molecule has 0 amide bonds. The molecule has 11 heteroatoms. The third kappa shape index (κ3) is 3.13. The third-order valence-corrected chi connectivity index (χ3v) is 4.91. The molecule has 0 saturated heterocycles. The summed E-state index contributed by atoms with van der Waals surface area (Å²) in [5.41, 5.74) is 0.399. The van der Waals surface area contributed by atoms with Crippen molar-refractivity contribution >= 4 is 39.1 Å². The summed E-state index contributed by atoms with van der Waals surface area (Å²) in [6.07, 6.45) is 2.98. The van der Waals surface area contributed by atoms with E-state index in [1.165, 1.54) is 36.2 Å². The van der Waals surface area contributed by atoms with E-state index in [0.717, 1.165) is 0 Å².